The third-order valence-electron chi connectivity index (χ3n) is 2.13. The number of ether oxygens (including phenoxy) is 1. The van der Waals surface area contributed by atoms with Crippen LogP contribution in [0.1, 0.15) is 16.1 Å². The smallest absolute Gasteiger partial charge is 0.335 e. The molecule has 0 aliphatic rings. The Kier molecular flexibility index (Phi) is 3.49. The van der Waals surface area contributed by atoms with Gasteiger partial charge in [-0.25, -0.2) is 4.79 Å². The number of carboxylic acids is 1. The van der Waals surface area contributed by atoms with E-state index in [1.54, 1.807) is 24.5 Å². The number of hydrogen-bond acceptors (Lipinski definition) is 3. The third-order valence-corrected chi connectivity index (χ3v) is 2.75. The van der Waals surface area contributed by atoms with Crippen molar-refractivity contribution < 1.29 is 19.1 Å². The van der Waals surface area contributed by atoms with Gasteiger partial charge in [-0.15, -0.1) is 0 Å². The lowest BCUT2D eigenvalue weighted by Gasteiger charge is -2.07. The van der Waals surface area contributed by atoms with E-state index in [1.165, 1.54) is 12.1 Å². The van der Waals surface area contributed by atoms with E-state index in [0.29, 0.717) is 22.6 Å². The predicted molar refractivity (Wildman–Crippen MR) is 64.1 cm³/mol. The maximum atomic E-state index is 10.7. The van der Waals surface area contributed by atoms with Gasteiger partial charge >= 0.3 is 5.97 Å². The van der Waals surface area contributed by atoms with Crippen molar-refractivity contribution >= 4 is 21.9 Å². The van der Waals surface area contributed by atoms with Crippen LogP contribution < -0.4 is 4.74 Å². The molecule has 0 saturated carbocycles. The largest absolute Gasteiger partial charge is 0.484 e. The summed E-state index contributed by atoms with van der Waals surface area (Å²) in [6.07, 6.45) is 1.57. The zero-order chi connectivity index (χ0) is 12.3. The number of carboxylic acid groups (broad SMARTS) is 1. The molecule has 0 unspecified atom stereocenters. The summed E-state index contributed by atoms with van der Waals surface area (Å²) in [7, 11) is 0. The summed E-state index contributed by atoms with van der Waals surface area (Å²) in [5.74, 6) is 0.314. The highest BCUT2D eigenvalue weighted by atomic mass is 79.9. The third kappa shape index (κ3) is 2.88. The first-order chi connectivity index (χ1) is 8.16. The van der Waals surface area contributed by atoms with Crippen LogP contribution in [0.4, 0.5) is 0 Å². The van der Waals surface area contributed by atoms with Crippen molar-refractivity contribution in [1.82, 2.24) is 0 Å². The van der Waals surface area contributed by atoms with Gasteiger partial charge in [-0.05, 0) is 46.3 Å². The minimum Gasteiger partial charge on any atom is -0.484 e. The number of hydrogen-bond donors (Lipinski definition) is 1. The molecule has 4 nitrogen and oxygen atoms in total. The molecule has 2 aromatic rings. The van der Waals surface area contributed by atoms with Gasteiger partial charge in [0, 0.05) is 0 Å². The summed E-state index contributed by atoms with van der Waals surface area (Å²) in [6, 6.07) is 8.18. The lowest BCUT2D eigenvalue weighted by molar-refractivity contribution is 0.0696. The van der Waals surface area contributed by atoms with Gasteiger partial charge in [0.2, 0.25) is 0 Å². The van der Waals surface area contributed by atoms with Crippen molar-refractivity contribution in [3.8, 4) is 5.75 Å². The van der Waals surface area contributed by atoms with Gasteiger partial charge in [0.15, 0.2) is 0 Å². The minimum absolute atomic E-state index is 0.210. The Morgan fingerprint density at radius 1 is 1.41 bits per heavy atom. The lowest BCUT2D eigenvalue weighted by Crippen LogP contribution is -1.98. The number of carbonyl (C=O) groups is 1. The first kappa shape index (κ1) is 11.7. The molecule has 88 valence electrons. The highest BCUT2D eigenvalue weighted by Crippen LogP contribution is 2.26. The summed E-state index contributed by atoms with van der Waals surface area (Å²) in [6.45, 7) is 0.304. The summed E-state index contributed by atoms with van der Waals surface area (Å²) >= 11 is 3.26. The minimum atomic E-state index is -0.969. The molecule has 1 heterocycles. The van der Waals surface area contributed by atoms with Crippen LogP contribution in [-0.2, 0) is 6.61 Å². The molecule has 0 amide bonds. The topological polar surface area (TPSA) is 59.7 Å². The zero-order valence-corrected chi connectivity index (χ0v) is 10.3. The molecular weight excluding hydrogens is 288 g/mol. The molecule has 0 radical (unpaired) electrons. The predicted octanol–water partition coefficient (Wildman–Crippen LogP) is 3.32. The van der Waals surface area contributed by atoms with Crippen molar-refractivity contribution in [3.63, 3.8) is 0 Å². The van der Waals surface area contributed by atoms with Crippen molar-refractivity contribution in [2.75, 3.05) is 0 Å². The summed E-state index contributed by atoms with van der Waals surface area (Å²) in [4.78, 5) is 10.7. The molecule has 17 heavy (non-hydrogen) atoms. The monoisotopic (exact) mass is 296 g/mol. The molecule has 0 fully saturated rings. The Labute approximate surface area is 106 Å². The van der Waals surface area contributed by atoms with Crippen molar-refractivity contribution in [1.29, 1.82) is 0 Å². The van der Waals surface area contributed by atoms with E-state index in [0.717, 1.165) is 0 Å². The van der Waals surface area contributed by atoms with Crippen LogP contribution in [0.25, 0.3) is 0 Å². The van der Waals surface area contributed by atoms with Crippen molar-refractivity contribution in [2.45, 2.75) is 6.61 Å². The Hall–Kier alpha value is -1.75. The molecule has 0 saturated heterocycles. The fourth-order valence-electron chi connectivity index (χ4n) is 1.29. The average Bonchev–Trinajstić information content (AvgIpc) is 2.80. The van der Waals surface area contributed by atoms with Gasteiger partial charge in [0.1, 0.15) is 18.1 Å². The van der Waals surface area contributed by atoms with Crippen molar-refractivity contribution in [3.05, 3.63) is 52.4 Å². The molecule has 1 aromatic heterocycles. The first-order valence-electron chi connectivity index (χ1n) is 4.85. The van der Waals surface area contributed by atoms with E-state index < -0.39 is 5.97 Å². The van der Waals surface area contributed by atoms with Gasteiger partial charge < -0.3 is 14.3 Å². The Balaban J connectivity index is 2.09. The number of benzene rings is 1. The molecule has 0 bridgehead atoms. The quantitative estimate of drug-likeness (QED) is 0.940. The summed E-state index contributed by atoms with van der Waals surface area (Å²) in [5.41, 5.74) is 0.210. The second-order valence-corrected chi connectivity index (χ2v) is 4.17. The fraction of sp³-hybridized carbons (Fsp3) is 0.0833. The molecule has 2 rings (SSSR count). The number of furan rings is 1. The number of rotatable bonds is 4. The summed E-state index contributed by atoms with van der Waals surface area (Å²) < 4.78 is 11.2. The molecule has 1 aromatic carbocycles. The molecule has 0 aliphatic heterocycles. The Bertz CT molecular complexity index is 519. The highest BCUT2D eigenvalue weighted by molar-refractivity contribution is 9.10. The SMILES string of the molecule is O=C(O)c1ccc(OCc2ccco2)c(Br)c1. The van der Waals surface area contributed by atoms with Gasteiger partial charge in [-0.2, -0.15) is 0 Å². The van der Waals surface area contributed by atoms with E-state index >= 15 is 0 Å². The van der Waals surface area contributed by atoms with Crippen LogP contribution in [0.15, 0.2) is 45.5 Å². The van der Waals surface area contributed by atoms with Gasteiger partial charge in [-0.3, -0.25) is 0 Å². The Morgan fingerprint density at radius 3 is 2.82 bits per heavy atom. The van der Waals surface area contributed by atoms with Gasteiger partial charge in [0.05, 0.1) is 16.3 Å². The van der Waals surface area contributed by atoms with Crippen LogP contribution in [0.2, 0.25) is 0 Å². The molecular formula is C12H9BrO4. The molecule has 1 N–H and O–H groups in total. The molecule has 5 heteroatoms. The molecule has 0 spiro atoms. The normalized spacial score (nSPS) is 10.2. The van der Waals surface area contributed by atoms with E-state index in [-0.39, 0.29) is 5.56 Å². The number of aromatic carboxylic acids is 1. The standard InChI is InChI=1S/C12H9BrO4/c13-10-6-8(12(14)15)3-4-11(10)17-7-9-2-1-5-16-9/h1-6H,7H2,(H,14,15). The van der Waals surface area contributed by atoms with Crippen LogP contribution in [0.5, 0.6) is 5.75 Å². The fourth-order valence-corrected chi connectivity index (χ4v) is 1.79. The first-order valence-corrected chi connectivity index (χ1v) is 5.64. The molecule has 0 aliphatic carbocycles. The maximum absolute atomic E-state index is 10.7. The highest BCUT2D eigenvalue weighted by Gasteiger charge is 2.08. The second kappa shape index (κ2) is 5.05. The van der Waals surface area contributed by atoms with Crippen molar-refractivity contribution in [2.24, 2.45) is 0 Å². The van der Waals surface area contributed by atoms with Gasteiger partial charge in [0.25, 0.3) is 0 Å². The second-order valence-electron chi connectivity index (χ2n) is 3.32. The van der Waals surface area contributed by atoms with Crippen LogP contribution in [0.3, 0.4) is 0 Å². The van der Waals surface area contributed by atoms with E-state index in [1.807, 2.05) is 0 Å². The molecule has 0 atom stereocenters. The zero-order valence-electron chi connectivity index (χ0n) is 8.72. The maximum Gasteiger partial charge on any atom is 0.335 e. The van der Waals surface area contributed by atoms with E-state index in [2.05, 4.69) is 15.9 Å². The van der Waals surface area contributed by atoms with Gasteiger partial charge in [-0.1, -0.05) is 0 Å². The van der Waals surface area contributed by atoms with E-state index in [4.69, 9.17) is 14.3 Å². The lowest BCUT2D eigenvalue weighted by atomic mass is 10.2. The number of halogens is 1. The van der Waals surface area contributed by atoms with Crippen LogP contribution in [0, 0.1) is 0 Å². The van der Waals surface area contributed by atoms with E-state index in [9.17, 15) is 4.79 Å². The summed E-state index contributed by atoms with van der Waals surface area (Å²) in [5, 5.41) is 8.80. The van der Waals surface area contributed by atoms with Crippen LogP contribution in [-0.4, -0.2) is 11.1 Å². The van der Waals surface area contributed by atoms with Crippen LogP contribution >= 0.6 is 15.9 Å². The Morgan fingerprint density at radius 2 is 2.24 bits per heavy atom. The average molecular weight is 297 g/mol.